The van der Waals surface area contributed by atoms with Crippen LogP contribution >= 0.6 is 0 Å². The first-order valence-electron chi connectivity index (χ1n) is 12.7. The zero-order chi connectivity index (χ0) is 22.9. The van der Waals surface area contributed by atoms with Crippen molar-refractivity contribution in [2.24, 2.45) is 5.92 Å². The van der Waals surface area contributed by atoms with Gasteiger partial charge in [-0.15, -0.1) is 0 Å². The van der Waals surface area contributed by atoms with Crippen LogP contribution in [0.5, 0.6) is 0 Å². The minimum atomic E-state index is 0.000560. The van der Waals surface area contributed by atoms with E-state index >= 15 is 0 Å². The van der Waals surface area contributed by atoms with Crippen LogP contribution in [-0.2, 0) is 17.8 Å². The first kappa shape index (κ1) is 21.3. The average Bonchev–Trinajstić information content (AvgIpc) is 3.09. The molecule has 0 N–H and O–H groups in total. The molecule has 3 aromatic rings. The van der Waals surface area contributed by atoms with Gasteiger partial charge in [-0.3, -0.25) is 4.79 Å². The van der Waals surface area contributed by atoms with Crippen LogP contribution in [0.25, 0.3) is 11.2 Å². The van der Waals surface area contributed by atoms with Crippen molar-refractivity contribution in [1.82, 2.24) is 29.4 Å². The number of hydrogen-bond acceptors (Lipinski definition) is 7. The van der Waals surface area contributed by atoms with E-state index < -0.39 is 0 Å². The molecule has 0 saturated carbocycles. The molecule has 0 spiro atoms. The van der Waals surface area contributed by atoms with E-state index in [-0.39, 0.29) is 11.8 Å². The second-order valence-electron chi connectivity index (χ2n) is 9.65. The highest BCUT2D eigenvalue weighted by Gasteiger charge is 2.33. The van der Waals surface area contributed by atoms with E-state index in [1.807, 2.05) is 29.3 Å². The summed E-state index contributed by atoms with van der Waals surface area (Å²) in [6.07, 6.45) is 10.0. The summed E-state index contributed by atoms with van der Waals surface area (Å²) in [5.74, 6) is 3.29. The van der Waals surface area contributed by atoms with Crippen molar-refractivity contribution in [1.29, 1.82) is 0 Å². The maximum absolute atomic E-state index is 13.4. The lowest BCUT2D eigenvalue weighted by Gasteiger charge is -2.39. The van der Waals surface area contributed by atoms with Gasteiger partial charge in [-0.2, -0.15) is 0 Å². The first-order chi connectivity index (χ1) is 16.8. The summed E-state index contributed by atoms with van der Waals surface area (Å²) in [5.41, 5.74) is 1.84. The average molecular weight is 461 g/mol. The molecule has 1 amide bonds. The largest absolute Gasteiger partial charge is 0.354 e. The van der Waals surface area contributed by atoms with E-state index in [1.54, 1.807) is 6.33 Å². The van der Waals surface area contributed by atoms with E-state index in [4.69, 9.17) is 4.98 Å². The molecule has 0 aliphatic carbocycles. The molecule has 1 atom stereocenters. The van der Waals surface area contributed by atoms with Crippen LogP contribution in [0.3, 0.4) is 0 Å². The van der Waals surface area contributed by atoms with Gasteiger partial charge in [0, 0.05) is 58.4 Å². The van der Waals surface area contributed by atoms with E-state index in [0.29, 0.717) is 6.54 Å². The van der Waals surface area contributed by atoms with Gasteiger partial charge in [0.25, 0.3) is 0 Å². The molecule has 9 nitrogen and oxygen atoms in total. The number of rotatable bonds is 3. The molecular weight excluding hydrogens is 428 g/mol. The lowest BCUT2D eigenvalue weighted by Crippen LogP contribution is -2.52. The standard InChI is InChI=1S/C25H32N8O/c34-25(31-15-13-30(14-16-31)20-8-3-4-10-26-20)19-7-6-11-32(17-19)23-22-24(28-18-27-23)33-12-5-1-2-9-21(33)29-22/h3-4,8,10,18-19H,1-2,5-7,9,11-17H2. The predicted octanol–water partition coefficient (Wildman–Crippen LogP) is 2.51. The molecule has 0 radical (unpaired) electrons. The Morgan fingerprint density at radius 3 is 2.65 bits per heavy atom. The summed E-state index contributed by atoms with van der Waals surface area (Å²) in [6.45, 7) is 5.74. The fraction of sp³-hybridized carbons (Fsp3) is 0.560. The van der Waals surface area contributed by atoms with Crippen LogP contribution in [0.1, 0.15) is 37.9 Å². The Hall–Kier alpha value is -3.23. The van der Waals surface area contributed by atoms with E-state index in [2.05, 4.69) is 29.3 Å². The summed E-state index contributed by atoms with van der Waals surface area (Å²) in [6, 6.07) is 5.98. The lowest BCUT2D eigenvalue weighted by molar-refractivity contribution is -0.136. The molecule has 2 saturated heterocycles. The lowest BCUT2D eigenvalue weighted by atomic mass is 9.96. The predicted molar refractivity (Wildman–Crippen MR) is 131 cm³/mol. The van der Waals surface area contributed by atoms with E-state index in [9.17, 15) is 4.79 Å². The number of piperazine rings is 1. The molecular formula is C25H32N8O. The van der Waals surface area contributed by atoms with Gasteiger partial charge in [0.05, 0.1) is 5.92 Å². The van der Waals surface area contributed by atoms with Gasteiger partial charge in [0.2, 0.25) is 5.91 Å². The Kier molecular flexibility index (Phi) is 5.76. The number of hydrogen-bond donors (Lipinski definition) is 0. The summed E-state index contributed by atoms with van der Waals surface area (Å²) in [5, 5.41) is 0. The van der Waals surface area contributed by atoms with Crippen LogP contribution in [-0.4, -0.2) is 74.6 Å². The minimum Gasteiger partial charge on any atom is -0.354 e. The van der Waals surface area contributed by atoms with Crippen molar-refractivity contribution in [2.45, 2.75) is 45.1 Å². The second kappa shape index (κ2) is 9.19. The number of fused-ring (bicyclic) bond motifs is 3. The Morgan fingerprint density at radius 1 is 0.882 bits per heavy atom. The number of aromatic nitrogens is 5. The first-order valence-corrected chi connectivity index (χ1v) is 12.7. The Bertz CT molecular complexity index is 1150. The Morgan fingerprint density at radius 2 is 1.79 bits per heavy atom. The number of pyridine rings is 1. The van der Waals surface area contributed by atoms with Crippen molar-refractivity contribution < 1.29 is 4.79 Å². The number of imidazole rings is 1. The van der Waals surface area contributed by atoms with Crippen LogP contribution in [0, 0.1) is 5.92 Å². The third-order valence-electron chi connectivity index (χ3n) is 7.51. The number of aryl methyl sites for hydroxylation is 2. The molecule has 34 heavy (non-hydrogen) atoms. The number of anilines is 2. The van der Waals surface area contributed by atoms with Gasteiger partial charge < -0.3 is 19.3 Å². The third-order valence-corrected chi connectivity index (χ3v) is 7.51. The number of carbonyl (C=O) groups excluding carboxylic acids is 1. The number of carbonyl (C=O) groups is 1. The molecule has 0 bridgehead atoms. The maximum Gasteiger partial charge on any atom is 0.227 e. The van der Waals surface area contributed by atoms with E-state index in [0.717, 1.165) is 87.2 Å². The maximum atomic E-state index is 13.4. The van der Waals surface area contributed by atoms with Gasteiger partial charge in [-0.25, -0.2) is 19.9 Å². The van der Waals surface area contributed by atoms with Crippen molar-refractivity contribution in [3.8, 4) is 0 Å². The number of nitrogens with zero attached hydrogens (tertiary/aromatic N) is 8. The normalized spacial score (nSPS) is 21.4. The molecule has 6 rings (SSSR count). The highest BCUT2D eigenvalue weighted by atomic mass is 16.2. The topological polar surface area (TPSA) is 83.3 Å². The van der Waals surface area contributed by atoms with Crippen molar-refractivity contribution in [3.63, 3.8) is 0 Å². The summed E-state index contributed by atoms with van der Waals surface area (Å²) in [4.78, 5) is 38.7. The molecule has 6 heterocycles. The SMILES string of the molecule is O=C(C1CCCN(c2ncnc3c2nc2n3CCCCC2)C1)N1CCN(c2ccccn2)CC1. The highest BCUT2D eigenvalue weighted by molar-refractivity contribution is 5.85. The zero-order valence-corrected chi connectivity index (χ0v) is 19.6. The fourth-order valence-electron chi connectivity index (χ4n) is 5.68. The monoisotopic (exact) mass is 460 g/mol. The molecule has 2 fully saturated rings. The van der Waals surface area contributed by atoms with Crippen LogP contribution in [0.4, 0.5) is 11.6 Å². The van der Waals surface area contributed by atoms with Gasteiger partial charge in [0.15, 0.2) is 17.0 Å². The van der Waals surface area contributed by atoms with Crippen LogP contribution in [0.2, 0.25) is 0 Å². The van der Waals surface area contributed by atoms with E-state index in [1.165, 1.54) is 19.3 Å². The molecule has 3 aliphatic rings. The van der Waals surface area contributed by atoms with Crippen LogP contribution in [0.15, 0.2) is 30.7 Å². The zero-order valence-electron chi connectivity index (χ0n) is 19.6. The Labute approximate surface area is 199 Å². The Balaban J connectivity index is 1.16. The van der Waals surface area contributed by atoms with Crippen molar-refractivity contribution in [3.05, 3.63) is 36.5 Å². The van der Waals surface area contributed by atoms with Crippen molar-refractivity contribution >= 4 is 28.7 Å². The second-order valence-corrected chi connectivity index (χ2v) is 9.65. The minimum absolute atomic E-state index is 0.000560. The molecule has 3 aromatic heterocycles. The highest BCUT2D eigenvalue weighted by Crippen LogP contribution is 2.30. The molecule has 3 aliphatic heterocycles. The van der Waals surface area contributed by atoms with Crippen molar-refractivity contribution in [2.75, 3.05) is 49.1 Å². The molecule has 178 valence electrons. The smallest absolute Gasteiger partial charge is 0.227 e. The quantitative estimate of drug-likeness (QED) is 0.594. The molecule has 0 aromatic carbocycles. The third kappa shape index (κ3) is 3.97. The van der Waals surface area contributed by atoms with Crippen LogP contribution < -0.4 is 9.80 Å². The molecule has 9 heteroatoms. The summed E-state index contributed by atoms with van der Waals surface area (Å²) in [7, 11) is 0. The molecule has 1 unspecified atom stereocenters. The van der Waals surface area contributed by atoms with Gasteiger partial charge >= 0.3 is 0 Å². The summed E-state index contributed by atoms with van der Waals surface area (Å²) < 4.78 is 2.28. The van der Waals surface area contributed by atoms with Gasteiger partial charge in [0.1, 0.15) is 18.0 Å². The fourth-order valence-corrected chi connectivity index (χ4v) is 5.68. The van der Waals surface area contributed by atoms with Gasteiger partial charge in [-0.05, 0) is 37.8 Å². The number of amides is 1. The van der Waals surface area contributed by atoms with Gasteiger partial charge in [-0.1, -0.05) is 12.5 Å². The summed E-state index contributed by atoms with van der Waals surface area (Å²) >= 11 is 0. The number of piperidine rings is 1.